The maximum absolute atomic E-state index is 12.4. The molecule has 0 aliphatic carbocycles. The Kier molecular flexibility index (Phi) is 4.81. The Balaban J connectivity index is 1.55. The van der Waals surface area contributed by atoms with E-state index in [1.165, 1.54) is 0 Å². The third-order valence-corrected chi connectivity index (χ3v) is 4.92. The van der Waals surface area contributed by atoms with Crippen LogP contribution < -0.4 is 4.74 Å². The van der Waals surface area contributed by atoms with Crippen molar-refractivity contribution in [3.8, 4) is 17.1 Å². The average molecular weight is 384 g/mol. The highest BCUT2D eigenvalue weighted by molar-refractivity contribution is 6.30. The molecule has 1 unspecified atom stereocenters. The van der Waals surface area contributed by atoms with Crippen LogP contribution in [-0.4, -0.2) is 28.1 Å². The fourth-order valence-corrected chi connectivity index (χ4v) is 3.33. The fourth-order valence-electron chi connectivity index (χ4n) is 3.20. The molecular weight excluding hydrogens is 366 g/mol. The van der Waals surface area contributed by atoms with Crippen LogP contribution in [0.25, 0.3) is 11.4 Å². The average Bonchev–Trinajstić information content (AvgIpc) is 3.31. The molecule has 2 heterocycles. The topological polar surface area (TPSA) is 68.5 Å². The van der Waals surface area contributed by atoms with Crippen molar-refractivity contribution in [1.29, 1.82) is 0 Å². The molecule has 7 heteroatoms. The van der Waals surface area contributed by atoms with Crippen LogP contribution >= 0.6 is 11.6 Å². The number of hydrogen-bond acceptors (Lipinski definition) is 5. The summed E-state index contributed by atoms with van der Waals surface area (Å²) in [5, 5.41) is 4.75. The monoisotopic (exact) mass is 383 g/mol. The van der Waals surface area contributed by atoms with Crippen LogP contribution in [0.1, 0.15) is 30.3 Å². The molecule has 0 spiro atoms. The number of aromatic nitrogens is 2. The molecule has 4 rings (SSSR count). The quantitative estimate of drug-likeness (QED) is 0.658. The normalized spacial score (nSPS) is 16.7. The van der Waals surface area contributed by atoms with Crippen LogP contribution in [0.5, 0.6) is 5.75 Å². The molecule has 0 bridgehead atoms. The Morgan fingerprint density at radius 2 is 1.93 bits per heavy atom. The van der Waals surface area contributed by atoms with Crippen molar-refractivity contribution in [3.63, 3.8) is 0 Å². The van der Waals surface area contributed by atoms with Crippen LogP contribution in [0.15, 0.2) is 53.1 Å². The molecule has 27 heavy (non-hydrogen) atoms. The third-order valence-electron chi connectivity index (χ3n) is 4.67. The molecule has 1 aliphatic rings. The number of ether oxygens (including phenoxy) is 1. The highest BCUT2D eigenvalue weighted by Gasteiger charge is 2.36. The van der Waals surface area contributed by atoms with Gasteiger partial charge < -0.3 is 14.2 Å². The summed E-state index contributed by atoms with van der Waals surface area (Å²) in [6, 6.07) is 14.7. The Hall–Kier alpha value is -2.86. The Morgan fingerprint density at radius 3 is 2.63 bits per heavy atom. The summed E-state index contributed by atoms with van der Waals surface area (Å²) in [6.45, 7) is 0.487. The molecule has 1 aromatic heterocycles. The molecule has 0 saturated carbocycles. The first-order valence-electron chi connectivity index (χ1n) is 8.66. The highest BCUT2D eigenvalue weighted by Crippen LogP contribution is 2.34. The van der Waals surface area contributed by atoms with Gasteiger partial charge in [0.2, 0.25) is 17.6 Å². The minimum atomic E-state index is -0.215. The Bertz CT molecular complexity index is 938. The first-order valence-corrected chi connectivity index (χ1v) is 9.04. The van der Waals surface area contributed by atoms with Crippen molar-refractivity contribution < 1.29 is 14.1 Å². The van der Waals surface area contributed by atoms with E-state index in [1.807, 2.05) is 48.5 Å². The van der Waals surface area contributed by atoms with E-state index in [0.29, 0.717) is 36.1 Å². The second-order valence-corrected chi connectivity index (χ2v) is 6.82. The maximum Gasteiger partial charge on any atom is 0.249 e. The zero-order chi connectivity index (χ0) is 18.8. The van der Waals surface area contributed by atoms with Gasteiger partial charge in [-0.1, -0.05) is 28.9 Å². The second kappa shape index (κ2) is 7.40. The van der Waals surface area contributed by atoms with Gasteiger partial charge in [0.1, 0.15) is 11.8 Å². The minimum Gasteiger partial charge on any atom is -0.497 e. The molecule has 1 atom stereocenters. The predicted octanol–water partition coefficient (Wildman–Crippen LogP) is 4.26. The first-order chi connectivity index (χ1) is 13.1. The first kappa shape index (κ1) is 17.5. The van der Waals surface area contributed by atoms with Crippen molar-refractivity contribution in [2.75, 3.05) is 7.11 Å². The second-order valence-electron chi connectivity index (χ2n) is 6.39. The molecule has 3 aromatic rings. The number of benzene rings is 2. The third kappa shape index (κ3) is 3.66. The van der Waals surface area contributed by atoms with Crippen LogP contribution in [0.4, 0.5) is 0 Å². The summed E-state index contributed by atoms with van der Waals surface area (Å²) in [6.07, 6.45) is 1.13. The van der Waals surface area contributed by atoms with Crippen LogP contribution in [0, 0.1) is 0 Å². The van der Waals surface area contributed by atoms with Crippen molar-refractivity contribution >= 4 is 17.5 Å². The van der Waals surface area contributed by atoms with Gasteiger partial charge in [-0.05, 0) is 48.4 Å². The lowest BCUT2D eigenvalue weighted by molar-refractivity contribution is -0.129. The zero-order valence-electron chi connectivity index (χ0n) is 14.8. The molecule has 0 N–H and O–H groups in total. The summed E-state index contributed by atoms with van der Waals surface area (Å²) in [5.41, 5.74) is 1.84. The molecule has 1 fully saturated rings. The summed E-state index contributed by atoms with van der Waals surface area (Å²) in [5.74, 6) is 1.80. The minimum absolute atomic E-state index is 0.0825. The molecule has 6 nitrogen and oxygen atoms in total. The number of carbonyl (C=O) groups is 1. The summed E-state index contributed by atoms with van der Waals surface area (Å²) < 4.78 is 10.7. The number of nitrogens with zero attached hydrogens (tertiary/aromatic N) is 3. The lowest BCUT2D eigenvalue weighted by Crippen LogP contribution is -2.27. The number of methoxy groups -OCH3 is 1. The lowest BCUT2D eigenvalue weighted by atomic mass is 10.1. The molecule has 1 saturated heterocycles. The molecule has 1 amide bonds. The maximum atomic E-state index is 12.4. The predicted molar refractivity (Wildman–Crippen MR) is 100 cm³/mol. The lowest BCUT2D eigenvalue weighted by Gasteiger charge is -2.22. The number of carbonyl (C=O) groups excluding carboxylic acids is 1. The van der Waals surface area contributed by atoms with Gasteiger partial charge in [-0.25, -0.2) is 0 Å². The van der Waals surface area contributed by atoms with Gasteiger partial charge in [0.25, 0.3) is 0 Å². The van der Waals surface area contributed by atoms with Crippen LogP contribution in [0.3, 0.4) is 0 Å². The van der Waals surface area contributed by atoms with E-state index in [-0.39, 0.29) is 11.9 Å². The van der Waals surface area contributed by atoms with E-state index in [2.05, 4.69) is 10.1 Å². The molecule has 0 radical (unpaired) electrons. The van der Waals surface area contributed by atoms with Gasteiger partial charge in [0.05, 0.1) is 7.11 Å². The molecular formula is C20H18ClN3O3. The van der Waals surface area contributed by atoms with Crippen molar-refractivity contribution in [1.82, 2.24) is 15.0 Å². The van der Waals surface area contributed by atoms with E-state index in [9.17, 15) is 4.79 Å². The van der Waals surface area contributed by atoms with Gasteiger partial charge in [-0.2, -0.15) is 4.98 Å². The Morgan fingerprint density at radius 1 is 1.19 bits per heavy atom. The van der Waals surface area contributed by atoms with Crippen LogP contribution in [-0.2, 0) is 11.3 Å². The van der Waals surface area contributed by atoms with E-state index in [4.69, 9.17) is 20.9 Å². The van der Waals surface area contributed by atoms with Gasteiger partial charge in [-0.15, -0.1) is 0 Å². The zero-order valence-corrected chi connectivity index (χ0v) is 15.5. The van der Waals surface area contributed by atoms with Gasteiger partial charge >= 0.3 is 0 Å². The van der Waals surface area contributed by atoms with Crippen LogP contribution in [0.2, 0.25) is 5.02 Å². The van der Waals surface area contributed by atoms with E-state index >= 15 is 0 Å². The summed E-state index contributed by atoms with van der Waals surface area (Å²) in [7, 11) is 1.62. The largest absolute Gasteiger partial charge is 0.497 e. The number of hydrogen-bond donors (Lipinski definition) is 0. The van der Waals surface area contributed by atoms with E-state index in [0.717, 1.165) is 16.9 Å². The van der Waals surface area contributed by atoms with E-state index < -0.39 is 0 Å². The van der Waals surface area contributed by atoms with Crippen molar-refractivity contribution in [3.05, 3.63) is 65.0 Å². The standard InChI is InChI=1S/C20H18ClN3O3/c1-26-16-8-4-14(5-9-16)19-22-20(27-23-19)17-10-11-18(25)24(17)12-13-2-6-15(21)7-3-13/h2-9,17H,10-12H2,1H3. The number of halogens is 1. The molecule has 1 aliphatic heterocycles. The highest BCUT2D eigenvalue weighted by atomic mass is 35.5. The number of likely N-dealkylation sites (tertiary alicyclic amines) is 1. The fraction of sp³-hybridized carbons (Fsp3) is 0.250. The number of rotatable bonds is 5. The smallest absolute Gasteiger partial charge is 0.249 e. The molecule has 138 valence electrons. The van der Waals surface area contributed by atoms with Gasteiger partial charge in [-0.3, -0.25) is 4.79 Å². The van der Waals surface area contributed by atoms with Gasteiger partial charge in [0, 0.05) is 23.6 Å². The van der Waals surface area contributed by atoms with E-state index in [1.54, 1.807) is 12.0 Å². The molecule has 2 aromatic carbocycles. The number of amides is 1. The van der Waals surface area contributed by atoms with Crippen molar-refractivity contribution in [2.24, 2.45) is 0 Å². The summed E-state index contributed by atoms with van der Waals surface area (Å²) >= 11 is 5.94. The Labute approximate surface area is 161 Å². The van der Waals surface area contributed by atoms with Gasteiger partial charge in [0.15, 0.2) is 0 Å². The van der Waals surface area contributed by atoms with Crippen molar-refractivity contribution in [2.45, 2.75) is 25.4 Å². The summed E-state index contributed by atoms with van der Waals surface area (Å²) in [4.78, 5) is 18.7. The SMILES string of the molecule is COc1ccc(-c2noc(C3CCC(=O)N3Cc3ccc(Cl)cc3)n2)cc1.